The molecule has 0 unspecified atom stereocenters. The van der Waals surface area contributed by atoms with Gasteiger partial charge in [0, 0.05) is 0 Å². The molecule has 0 radical (unpaired) electrons. The summed E-state index contributed by atoms with van der Waals surface area (Å²) in [4.78, 5) is 11.7. The fourth-order valence-electron chi connectivity index (χ4n) is 2.95. The molecule has 1 aliphatic heterocycles. The lowest BCUT2D eigenvalue weighted by atomic mass is 9.98. The molecule has 3 nitrogen and oxygen atoms in total. The number of carbonyl (C=O) groups excluding carboxylic acids is 1. The van der Waals surface area contributed by atoms with Gasteiger partial charge in [0.25, 0.3) is 0 Å². The third kappa shape index (κ3) is 5.17. The van der Waals surface area contributed by atoms with Crippen LogP contribution >= 0.6 is 0 Å². The summed E-state index contributed by atoms with van der Waals surface area (Å²) in [6.07, 6.45) is -8.15. The molecule has 1 N–H and O–H groups in total. The van der Waals surface area contributed by atoms with Gasteiger partial charge in [-0.25, -0.2) is 0 Å². The Hall–Kier alpha value is -2.81. The minimum atomic E-state index is -4.92. The van der Waals surface area contributed by atoms with Gasteiger partial charge in [-0.2, -0.15) is 26.3 Å². The van der Waals surface area contributed by atoms with Crippen LogP contribution in [-0.4, -0.2) is 18.6 Å². The second-order valence-corrected chi connectivity index (χ2v) is 6.43. The Balaban J connectivity index is 1.94. The van der Waals surface area contributed by atoms with Crippen LogP contribution in [0.3, 0.4) is 0 Å². The zero-order valence-electron chi connectivity index (χ0n) is 14.7. The molecule has 1 aliphatic rings. The first-order valence-corrected chi connectivity index (χ1v) is 8.47. The first-order chi connectivity index (χ1) is 13.5. The molecule has 29 heavy (non-hydrogen) atoms. The van der Waals surface area contributed by atoms with Gasteiger partial charge in [0.15, 0.2) is 0 Å². The standard InChI is InChI=1S/C20H15F6NO2/c21-19(22,23)14-8-12(9-15(10-14)20(24,25)26)6-7-16-18(27-17(28)11-29-16)13-4-2-1-3-5-13/h1-10,16,18H,11H2,(H,27,28)/b7-6+/t16-,18+/m0/s1. The number of nitrogens with one attached hydrogen (secondary N) is 1. The topological polar surface area (TPSA) is 38.3 Å². The van der Waals surface area contributed by atoms with Gasteiger partial charge >= 0.3 is 12.4 Å². The monoisotopic (exact) mass is 415 g/mol. The SMILES string of the molecule is O=C1CO[C@@H](/C=C/c2cc(C(F)(F)F)cc(C(F)(F)F)c2)[C@@H](c2ccccc2)N1. The highest BCUT2D eigenvalue weighted by molar-refractivity contribution is 5.78. The molecule has 0 saturated carbocycles. The number of alkyl halides is 6. The Morgan fingerprint density at radius 2 is 1.52 bits per heavy atom. The maximum atomic E-state index is 13.0. The molecule has 0 bridgehead atoms. The van der Waals surface area contributed by atoms with E-state index in [1.54, 1.807) is 30.3 Å². The smallest absolute Gasteiger partial charge is 0.362 e. The van der Waals surface area contributed by atoms with Crippen LogP contribution in [0.15, 0.2) is 54.6 Å². The van der Waals surface area contributed by atoms with E-state index in [0.717, 1.165) is 6.08 Å². The molecule has 2 aromatic carbocycles. The van der Waals surface area contributed by atoms with Crippen molar-refractivity contribution >= 4 is 12.0 Å². The quantitative estimate of drug-likeness (QED) is 0.717. The third-order valence-corrected chi connectivity index (χ3v) is 4.30. The molecule has 0 aliphatic carbocycles. The van der Waals surface area contributed by atoms with Gasteiger partial charge in [-0.3, -0.25) is 4.79 Å². The van der Waals surface area contributed by atoms with Crippen molar-refractivity contribution in [3.8, 4) is 0 Å². The van der Waals surface area contributed by atoms with Gasteiger partial charge in [0.1, 0.15) is 12.7 Å². The van der Waals surface area contributed by atoms with Gasteiger partial charge in [-0.1, -0.05) is 42.5 Å². The molecule has 2 aromatic rings. The molecule has 3 rings (SSSR count). The van der Waals surface area contributed by atoms with E-state index in [2.05, 4.69) is 5.32 Å². The van der Waals surface area contributed by atoms with E-state index in [4.69, 9.17) is 4.74 Å². The minimum absolute atomic E-state index is 0.0709. The van der Waals surface area contributed by atoms with E-state index in [1.807, 2.05) is 0 Å². The summed E-state index contributed by atoms with van der Waals surface area (Å²) < 4.78 is 83.4. The lowest BCUT2D eigenvalue weighted by molar-refractivity contribution is -0.143. The van der Waals surface area contributed by atoms with Crippen molar-refractivity contribution in [3.63, 3.8) is 0 Å². The number of hydrogen-bond acceptors (Lipinski definition) is 2. The van der Waals surface area contributed by atoms with Crippen molar-refractivity contribution < 1.29 is 35.9 Å². The highest BCUT2D eigenvalue weighted by atomic mass is 19.4. The van der Waals surface area contributed by atoms with Gasteiger partial charge in [0.2, 0.25) is 5.91 Å². The molecular weight excluding hydrogens is 400 g/mol. The second kappa shape index (κ2) is 7.90. The zero-order chi connectivity index (χ0) is 21.2. The Labute approximate surface area is 162 Å². The van der Waals surface area contributed by atoms with Crippen LogP contribution in [0.25, 0.3) is 6.08 Å². The first kappa shape index (κ1) is 20.9. The number of benzene rings is 2. The van der Waals surface area contributed by atoms with Crippen molar-refractivity contribution in [1.82, 2.24) is 5.32 Å². The Morgan fingerprint density at radius 1 is 0.931 bits per heavy atom. The van der Waals surface area contributed by atoms with Crippen molar-refractivity contribution in [3.05, 3.63) is 76.9 Å². The molecule has 2 atom stereocenters. The summed E-state index contributed by atoms with van der Waals surface area (Å²) in [5.41, 5.74) is -2.39. The normalized spacial score (nSPS) is 20.7. The number of morpholine rings is 1. The molecule has 1 fully saturated rings. The molecule has 1 amide bonds. The Bertz CT molecular complexity index is 873. The highest BCUT2D eigenvalue weighted by Crippen LogP contribution is 2.36. The first-order valence-electron chi connectivity index (χ1n) is 8.47. The average molecular weight is 415 g/mol. The van der Waals surface area contributed by atoms with Crippen LogP contribution in [0, 0.1) is 0 Å². The fraction of sp³-hybridized carbons (Fsp3) is 0.250. The maximum Gasteiger partial charge on any atom is 0.416 e. The van der Waals surface area contributed by atoms with Crippen LogP contribution in [0.5, 0.6) is 0 Å². The van der Waals surface area contributed by atoms with E-state index in [0.29, 0.717) is 17.7 Å². The largest absolute Gasteiger partial charge is 0.416 e. The number of rotatable bonds is 3. The van der Waals surface area contributed by atoms with Crippen LogP contribution in [0.2, 0.25) is 0 Å². The van der Waals surface area contributed by atoms with E-state index >= 15 is 0 Å². The van der Waals surface area contributed by atoms with Crippen molar-refractivity contribution in [2.45, 2.75) is 24.5 Å². The second-order valence-electron chi connectivity index (χ2n) is 6.43. The summed E-state index contributed by atoms with van der Waals surface area (Å²) in [7, 11) is 0. The molecule has 1 saturated heterocycles. The van der Waals surface area contributed by atoms with Gasteiger partial charge in [-0.05, 0) is 29.3 Å². The van der Waals surface area contributed by atoms with E-state index in [-0.39, 0.29) is 24.1 Å². The Morgan fingerprint density at radius 3 is 2.07 bits per heavy atom. The summed E-state index contributed by atoms with van der Waals surface area (Å²) in [5.74, 6) is -0.373. The lowest BCUT2D eigenvalue weighted by Crippen LogP contribution is -2.45. The van der Waals surface area contributed by atoms with E-state index < -0.39 is 35.6 Å². The van der Waals surface area contributed by atoms with Gasteiger partial charge in [-0.15, -0.1) is 0 Å². The van der Waals surface area contributed by atoms with Crippen LogP contribution in [-0.2, 0) is 21.9 Å². The number of ether oxygens (including phenoxy) is 1. The number of carbonyl (C=O) groups is 1. The predicted molar refractivity (Wildman–Crippen MR) is 92.5 cm³/mol. The summed E-state index contributed by atoms with van der Waals surface area (Å²) >= 11 is 0. The highest BCUT2D eigenvalue weighted by Gasteiger charge is 2.37. The molecular formula is C20H15F6NO2. The van der Waals surface area contributed by atoms with Crippen molar-refractivity contribution in [1.29, 1.82) is 0 Å². The maximum absolute atomic E-state index is 13.0. The van der Waals surface area contributed by atoms with Crippen LogP contribution in [0.1, 0.15) is 28.3 Å². The van der Waals surface area contributed by atoms with E-state index in [1.165, 1.54) is 6.08 Å². The molecule has 154 valence electrons. The molecule has 9 heteroatoms. The number of halogens is 6. The minimum Gasteiger partial charge on any atom is -0.362 e. The van der Waals surface area contributed by atoms with Crippen LogP contribution < -0.4 is 5.32 Å². The van der Waals surface area contributed by atoms with Crippen LogP contribution in [0.4, 0.5) is 26.3 Å². The summed E-state index contributed by atoms with van der Waals surface area (Å²) in [5, 5.41) is 2.72. The van der Waals surface area contributed by atoms with Gasteiger partial charge in [0.05, 0.1) is 17.2 Å². The summed E-state index contributed by atoms with van der Waals surface area (Å²) in [6, 6.07) is 9.40. The zero-order valence-corrected chi connectivity index (χ0v) is 14.7. The molecule has 0 spiro atoms. The fourth-order valence-corrected chi connectivity index (χ4v) is 2.95. The predicted octanol–water partition coefficient (Wildman–Crippen LogP) is 4.99. The molecule has 0 aromatic heterocycles. The number of hydrogen-bond donors (Lipinski definition) is 1. The average Bonchev–Trinajstić information content (AvgIpc) is 2.66. The summed E-state index contributed by atoms with van der Waals surface area (Å²) in [6.45, 7) is -0.269. The lowest BCUT2D eigenvalue weighted by Gasteiger charge is -2.31. The molecule has 1 heterocycles. The third-order valence-electron chi connectivity index (χ3n) is 4.30. The van der Waals surface area contributed by atoms with Crippen molar-refractivity contribution in [2.24, 2.45) is 0 Å². The van der Waals surface area contributed by atoms with Crippen molar-refractivity contribution in [2.75, 3.05) is 6.61 Å². The number of amides is 1. The Kier molecular flexibility index (Phi) is 5.70. The van der Waals surface area contributed by atoms with Gasteiger partial charge < -0.3 is 10.1 Å². The van der Waals surface area contributed by atoms with E-state index in [9.17, 15) is 31.1 Å².